The van der Waals surface area contributed by atoms with Crippen molar-refractivity contribution in [1.82, 2.24) is 9.97 Å². The van der Waals surface area contributed by atoms with E-state index in [1.54, 1.807) is 0 Å². The van der Waals surface area contributed by atoms with Gasteiger partial charge in [0.2, 0.25) is 5.95 Å². The molecule has 134 valence electrons. The highest BCUT2D eigenvalue weighted by Crippen LogP contribution is 2.27. The van der Waals surface area contributed by atoms with Gasteiger partial charge in [0.15, 0.2) is 0 Å². The second-order valence-corrected chi connectivity index (χ2v) is 7.66. The summed E-state index contributed by atoms with van der Waals surface area (Å²) in [5.74, 6) is 1.38. The first kappa shape index (κ1) is 17.9. The number of hydrogen-bond acceptors (Lipinski definition) is 4. The molecule has 1 aliphatic heterocycles. The average molecular weight is 339 g/mol. The lowest BCUT2D eigenvalue weighted by molar-refractivity contribution is -0.00573. The molecular weight excluding hydrogens is 310 g/mol. The van der Waals surface area contributed by atoms with Crippen molar-refractivity contribution in [2.24, 2.45) is 5.92 Å². The van der Waals surface area contributed by atoms with Crippen molar-refractivity contribution in [3.63, 3.8) is 0 Å². The van der Waals surface area contributed by atoms with Crippen LogP contribution in [0.1, 0.15) is 39.0 Å². The predicted molar refractivity (Wildman–Crippen MR) is 103 cm³/mol. The van der Waals surface area contributed by atoms with Gasteiger partial charge in [0.25, 0.3) is 0 Å². The third kappa shape index (κ3) is 4.37. The van der Waals surface area contributed by atoms with Crippen molar-refractivity contribution in [3.8, 4) is 11.1 Å². The van der Waals surface area contributed by atoms with Crippen LogP contribution in [0.25, 0.3) is 11.1 Å². The van der Waals surface area contributed by atoms with Crippen molar-refractivity contribution in [2.75, 3.05) is 18.0 Å². The number of anilines is 1. The Bertz CT molecular complexity index is 719. The zero-order chi connectivity index (χ0) is 18.0. The molecule has 1 aliphatic rings. The molecular formula is C21H29N3O. The van der Waals surface area contributed by atoms with Crippen LogP contribution in [0.5, 0.6) is 0 Å². The molecule has 0 saturated carbocycles. The third-order valence-electron chi connectivity index (χ3n) is 4.49. The lowest BCUT2D eigenvalue weighted by atomic mass is 9.98. The van der Waals surface area contributed by atoms with E-state index in [0.29, 0.717) is 5.92 Å². The van der Waals surface area contributed by atoms with E-state index < -0.39 is 0 Å². The standard InChI is InChI=1S/C21H29N3O/c1-14(2)9-20-19(18-8-6-7-15(3)10-18)11-22-21(23-20)24-12-16(4)25-17(5)13-24/h6-8,10-11,14,16-17H,9,12-13H2,1-5H3/t16-,17+. The van der Waals surface area contributed by atoms with Gasteiger partial charge >= 0.3 is 0 Å². The second-order valence-electron chi connectivity index (χ2n) is 7.66. The third-order valence-corrected chi connectivity index (χ3v) is 4.49. The molecule has 2 heterocycles. The molecule has 4 heteroatoms. The lowest BCUT2D eigenvalue weighted by Gasteiger charge is -2.35. The van der Waals surface area contributed by atoms with Gasteiger partial charge in [-0.15, -0.1) is 0 Å². The summed E-state index contributed by atoms with van der Waals surface area (Å²) in [7, 11) is 0. The summed E-state index contributed by atoms with van der Waals surface area (Å²) in [6.45, 7) is 12.5. The second kappa shape index (κ2) is 7.52. The molecule has 0 radical (unpaired) electrons. The monoisotopic (exact) mass is 339 g/mol. The van der Waals surface area contributed by atoms with E-state index in [1.165, 1.54) is 11.1 Å². The Balaban J connectivity index is 1.97. The van der Waals surface area contributed by atoms with Crippen LogP contribution in [0.15, 0.2) is 30.5 Å². The minimum Gasteiger partial charge on any atom is -0.372 e. The molecule has 0 spiro atoms. The van der Waals surface area contributed by atoms with Crippen LogP contribution in [-0.2, 0) is 11.2 Å². The minimum atomic E-state index is 0.206. The van der Waals surface area contributed by atoms with Gasteiger partial charge in [-0.05, 0) is 38.7 Å². The van der Waals surface area contributed by atoms with Gasteiger partial charge < -0.3 is 9.64 Å². The number of aromatic nitrogens is 2. The van der Waals surface area contributed by atoms with Crippen molar-refractivity contribution < 1.29 is 4.74 Å². The summed E-state index contributed by atoms with van der Waals surface area (Å²) in [5.41, 5.74) is 4.74. The molecule has 0 bridgehead atoms. The van der Waals surface area contributed by atoms with Gasteiger partial charge in [-0.3, -0.25) is 0 Å². The Morgan fingerprint density at radius 2 is 1.92 bits per heavy atom. The zero-order valence-electron chi connectivity index (χ0n) is 16.0. The van der Waals surface area contributed by atoms with Gasteiger partial charge in [0.05, 0.1) is 17.9 Å². The molecule has 25 heavy (non-hydrogen) atoms. The molecule has 1 saturated heterocycles. The summed E-state index contributed by atoms with van der Waals surface area (Å²) in [6, 6.07) is 8.58. The molecule has 2 atom stereocenters. The van der Waals surface area contributed by atoms with Crippen molar-refractivity contribution >= 4 is 5.95 Å². The Morgan fingerprint density at radius 1 is 1.20 bits per heavy atom. The molecule has 0 unspecified atom stereocenters. The van der Waals surface area contributed by atoms with E-state index in [4.69, 9.17) is 14.7 Å². The van der Waals surface area contributed by atoms with E-state index >= 15 is 0 Å². The molecule has 2 aromatic rings. The van der Waals surface area contributed by atoms with E-state index in [-0.39, 0.29) is 12.2 Å². The van der Waals surface area contributed by atoms with Gasteiger partial charge in [0.1, 0.15) is 0 Å². The fraction of sp³-hybridized carbons (Fsp3) is 0.524. The summed E-state index contributed by atoms with van der Waals surface area (Å²) in [5, 5.41) is 0. The zero-order valence-corrected chi connectivity index (χ0v) is 16.0. The maximum atomic E-state index is 5.84. The van der Waals surface area contributed by atoms with Crippen LogP contribution in [0.4, 0.5) is 5.95 Å². The molecule has 1 aromatic carbocycles. The van der Waals surface area contributed by atoms with Gasteiger partial charge in [0, 0.05) is 24.8 Å². The number of benzene rings is 1. The Kier molecular flexibility index (Phi) is 5.38. The molecule has 1 aromatic heterocycles. The highest BCUT2D eigenvalue weighted by molar-refractivity contribution is 5.66. The largest absolute Gasteiger partial charge is 0.372 e. The first-order valence-corrected chi connectivity index (χ1v) is 9.25. The van der Waals surface area contributed by atoms with Crippen LogP contribution in [-0.4, -0.2) is 35.3 Å². The number of rotatable bonds is 4. The highest BCUT2D eigenvalue weighted by Gasteiger charge is 2.25. The maximum absolute atomic E-state index is 5.84. The van der Waals surface area contributed by atoms with Crippen LogP contribution >= 0.6 is 0 Å². The van der Waals surface area contributed by atoms with Crippen LogP contribution in [0, 0.1) is 12.8 Å². The van der Waals surface area contributed by atoms with Gasteiger partial charge in [-0.1, -0.05) is 43.7 Å². The van der Waals surface area contributed by atoms with E-state index in [1.807, 2.05) is 6.20 Å². The topological polar surface area (TPSA) is 38.2 Å². The van der Waals surface area contributed by atoms with Gasteiger partial charge in [-0.2, -0.15) is 0 Å². The maximum Gasteiger partial charge on any atom is 0.225 e. The molecule has 0 amide bonds. The SMILES string of the molecule is Cc1cccc(-c2cnc(N3C[C@@H](C)O[C@@H](C)C3)nc2CC(C)C)c1. The Labute approximate surface area is 151 Å². The highest BCUT2D eigenvalue weighted by atomic mass is 16.5. The summed E-state index contributed by atoms with van der Waals surface area (Å²) in [6.07, 6.45) is 3.36. The predicted octanol–water partition coefficient (Wildman–Crippen LogP) is 4.26. The fourth-order valence-electron chi connectivity index (χ4n) is 3.50. The normalized spacial score (nSPS) is 21.0. The number of hydrogen-bond donors (Lipinski definition) is 0. The average Bonchev–Trinajstić information content (AvgIpc) is 2.53. The summed E-state index contributed by atoms with van der Waals surface area (Å²) >= 11 is 0. The number of ether oxygens (including phenoxy) is 1. The van der Waals surface area contributed by atoms with Crippen LogP contribution in [0.3, 0.4) is 0 Å². The Morgan fingerprint density at radius 3 is 2.56 bits per heavy atom. The van der Waals surface area contributed by atoms with Gasteiger partial charge in [-0.25, -0.2) is 9.97 Å². The number of nitrogens with zero attached hydrogens (tertiary/aromatic N) is 3. The van der Waals surface area contributed by atoms with Crippen molar-refractivity contribution in [2.45, 2.75) is 53.2 Å². The van der Waals surface area contributed by atoms with E-state index in [9.17, 15) is 0 Å². The lowest BCUT2D eigenvalue weighted by Crippen LogP contribution is -2.46. The summed E-state index contributed by atoms with van der Waals surface area (Å²) in [4.78, 5) is 11.9. The van der Waals surface area contributed by atoms with Crippen LogP contribution in [0.2, 0.25) is 0 Å². The van der Waals surface area contributed by atoms with Crippen LogP contribution < -0.4 is 4.90 Å². The smallest absolute Gasteiger partial charge is 0.225 e. The first-order chi connectivity index (χ1) is 11.9. The molecule has 1 fully saturated rings. The minimum absolute atomic E-state index is 0.206. The quantitative estimate of drug-likeness (QED) is 0.834. The fourth-order valence-corrected chi connectivity index (χ4v) is 3.50. The van der Waals surface area contributed by atoms with E-state index in [0.717, 1.165) is 36.7 Å². The first-order valence-electron chi connectivity index (χ1n) is 9.25. The number of aryl methyl sites for hydroxylation is 1. The molecule has 4 nitrogen and oxygen atoms in total. The number of morpholine rings is 1. The van der Waals surface area contributed by atoms with Crippen molar-refractivity contribution in [3.05, 3.63) is 41.7 Å². The molecule has 3 rings (SSSR count). The Hall–Kier alpha value is -1.94. The summed E-state index contributed by atoms with van der Waals surface area (Å²) < 4.78 is 5.84. The molecule has 0 N–H and O–H groups in total. The van der Waals surface area contributed by atoms with E-state index in [2.05, 4.69) is 63.8 Å². The molecule has 0 aliphatic carbocycles. The van der Waals surface area contributed by atoms with Crippen molar-refractivity contribution in [1.29, 1.82) is 0 Å².